The number of aromatic nitrogens is 2. The molecule has 1 aromatic rings. The van der Waals surface area contributed by atoms with Crippen LogP contribution in [0, 0.1) is 0 Å². The van der Waals surface area contributed by atoms with Gasteiger partial charge < -0.3 is 15.4 Å². The Hall–Kier alpha value is -1.52. The van der Waals surface area contributed by atoms with Crippen molar-refractivity contribution in [3.05, 3.63) is 6.33 Å². The molecule has 5 heteroatoms. The molecule has 0 saturated carbocycles. The summed E-state index contributed by atoms with van der Waals surface area (Å²) in [6.45, 7) is 7.17. The summed E-state index contributed by atoms with van der Waals surface area (Å²) in [7, 11) is 0. The van der Waals surface area contributed by atoms with E-state index in [-0.39, 0.29) is 6.10 Å². The fraction of sp³-hybridized carbons (Fsp3) is 0.714. The lowest BCUT2D eigenvalue weighted by Gasteiger charge is -2.29. The predicted molar refractivity (Wildman–Crippen MR) is 77.5 cm³/mol. The quantitative estimate of drug-likeness (QED) is 0.909. The van der Waals surface area contributed by atoms with Crippen molar-refractivity contribution in [3.63, 3.8) is 0 Å². The monoisotopic (exact) mass is 264 g/mol. The molecule has 0 amide bonds. The second kappa shape index (κ2) is 6.08. The molecule has 1 aliphatic heterocycles. The largest absolute Gasteiger partial charge is 0.473 e. The first-order valence-corrected chi connectivity index (χ1v) is 7.13. The van der Waals surface area contributed by atoms with E-state index in [9.17, 15) is 0 Å². The lowest BCUT2D eigenvalue weighted by Crippen LogP contribution is -2.34. The van der Waals surface area contributed by atoms with Crippen molar-refractivity contribution in [3.8, 4) is 5.88 Å². The van der Waals surface area contributed by atoms with Gasteiger partial charge in [-0.1, -0.05) is 12.8 Å². The van der Waals surface area contributed by atoms with Crippen molar-refractivity contribution in [1.29, 1.82) is 0 Å². The summed E-state index contributed by atoms with van der Waals surface area (Å²) in [6, 6.07) is 0.464. The minimum absolute atomic E-state index is 0.0617. The van der Waals surface area contributed by atoms with E-state index in [1.54, 1.807) is 6.33 Å². The van der Waals surface area contributed by atoms with Crippen LogP contribution in [0.1, 0.15) is 46.5 Å². The second-order valence-electron chi connectivity index (χ2n) is 5.47. The highest BCUT2D eigenvalue weighted by molar-refractivity contribution is 5.68. The fourth-order valence-corrected chi connectivity index (χ4v) is 2.51. The summed E-state index contributed by atoms with van der Waals surface area (Å²) < 4.78 is 5.64. The lowest BCUT2D eigenvalue weighted by molar-refractivity contribution is 0.234. The van der Waals surface area contributed by atoms with Crippen LogP contribution in [0.5, 0.6) is 5.88 Å². The highest BCUT2D eigenvalue weighted by Crippen LogP contribution is 2.31. The van der Waals surface area contributed by atoms with E-state index in [4.69, 9.17) is 10.5 Å². The third-order valence-corrected chi connectivity index (χ3v) is 3.50. The standard InChI is InChI=1S/C14H24N4O/c1-10(2)19-14-12(15)13(16-9-17-14)18-8-6-4-5-7-11(18)3/h9-11H,4-8,15H2,1-3H3. The van der Waals surface area contributed by atoms with Gasteiger partial charge in [-0.3, -0.25) is 0 Å². The van der Waals surface area contributed by atoms with Crippen molar-refractivity contribution >= 4 is 11.5 Å². The number of hydrogen-bond acceptors (Lipinski definition) is 5. The molecule has 1 aliphatic rings. The van der Waals surface area contributed by atoms with Crippen molar-refractivity contribution in [1.82, 2.24) is 9.97 Å². The van der Waals surface area contributed by atoms with E-state index < -0.39 is 0 Å². The van der Waals surface area contributed by atoms with Gasteiger partial charge in [0, 0.05) is 12.6 Å². The number of nitrogens with zero attached hydrogens (tertiary/aromatic N) is 3. The Balaban J connectivity index is 2.27. The van der Waals surface area contributed by atoms with Crippen molar-refractivity contribution in [2.45, 2.75) is 58.6 Å². The van der Waals surface area contributed by atoms with Gasteiger partial charge in [-0.15, -0.1) is 0 Å². The molecule has 0 radical (unpaired) electrons. The first-order valence-electron chi connectivity index (χ1n) is 7.13. The molecule has 1 aromatic heterocycles. The number of ether oxygens (including phenoxy) is 1. The summed E-state index contributed by atoms with van der Waals surface area (Å²) in [4.78, 5) is 10.8. The molecule has 5 nitrogen and oxygen atoms in total. The molecule has 1 unspecified atom stereocenters. The molecule has 2 N–H and O–H groups in total. The van der Waals surface area contributed by atoms with Crippen LogP contribution in [-0.4, -0.2) is 28.7 Å². The highest BCUT2D eigenvalue weighted by Gasteiger charge is 2.22. The van der Waals surface area contributed by atoms with Crippen LogP contribution >= 0.6 is 0 Å². The van der Waals surface area contributed by atoms with Crippen LogP contribution in [0.3, 0.4) is 0 Å². The van der Waals surface area contributed by atoms with Gasteiger partial charge in [0.25, 0.3) is 0 Å². The molecule has 1 atom stereocenters. The van der Waals surface area contributed by atoms with Gasteiger partial charge in [-0.25, -0.2) is 4.98 Å². The van der Waals surface area contributed by atoms with Crippen LogP contribution < -0.4 is 15.4 Å². The Morgan fingerprint density at radius 3 is 2.84 bits per heavy atom. The van der Waals surface area contributed by atoms with Crippen LogP contribution in [0.25, 0.3) is 0 Å². The van der Waals surface area contributed by atoms with E-state index >= 15 is 0 Å². The van der Waals surface area contributed by atoms with Crippen LogP contribution in [-0.2, 0) is 0 Å². The zero-order chi connectivity index (χ0) is 13.8. The molecular formula is C14H24N4O. The molecule has 1 fully saturated rings. The lowest BCUT2D eigenvalue weighted by atomic mass is 10.1. The van der Waals surface area contributed by atoms with Crippen molar-refractivity contribution in [2.75, 3.05) is 17.2 Å². The third-order valence-electron chi connectivity index (χ3n) is 3.50. The molecule has 19 heavy (non-hydrogen) atoms. The molecule has 1 saturated heterocycles. The summed E-state index contributed by atoms with van der Waals surface area (Å²) in [5, 5.41) is 0. The molecule has 0 bridgehead atoms. The smallest absolute Gasteiger partial charge is 0.242 e. The number of nitrogens with two attached hydrogens (primary N) is 1. The average molecular weight is 264 g/mol. The summed E-state index contributed by atoms with van der Waals surface area (Å²) in [6.07, 6.45) is 6.53. The predicted octanol–water partition coefficient (Wildman–Crippen LogP) is 2.61. The first kappa shape index (κ1) is 13.9. The molecule has 0 aromatic carbocycles. The maximum atomic E-state index is 6.18. The summed E-state index contributed by atoms with van der Waals surface area (Å²) in [5.74, 6) is 1.32. The van der Waals surface area contributed by atoms with Gasteiger partial charge >= 0.3 is 0 Å². The molecule has 0 aliphatic carbocycles. The average Bonchev–Trinajstić information content (AvgIpc) is 2.56. The Labute approximate surface area is 115 Å². The Kier molecular flexibility index (Phi) is 4.45. The fourth-order valence-electron chi connectivity index (χ4n) is 2.51. The Morgan fingerprint density at radius 1 is 1.32 bits per heavy atom. The zero-order valence-electron chi connectivity index (χ0n) is 12.1. The highest BCUT2D eigenvalue weighted by atomic mass is 16.5. The third kappa shape index (κ3) is 3.28. The zero-order valence-corrected chi connectivity index (χ0v) is 12.1. The Bertz CT molecular complexity index is 422. The van der Waals surface area contributed by atoms with E-state index in [0.29, 0.717) is 17.6 Å². The Morgan fingerprint density at radius 2 is 2.11 bits per heavy atom. The SMILES string of the molecule is CC(C)Oc1ncnc(N2CCCCCC2C)c1N. The maximum absolute atomic E-state index is 6.18. The number of rotatable bonds is 3. The topological polar surface area (TPSA) is 64.3 Å². The van der Waals surface area contributed by atoms with Gasteiger partial charge in [0.1, 0.15) is 12.0 Å². The van der Waals surface area contributed by atoms with Gasteiger partial charge in [-0.05, 0) is 33.6 Å². The van der Waals surface area contributed by atoms with E-state index in [1.807, 2.05) is 13.8 Å². The first-order chi connectivity index (χ1) is 9.09. The molecular weight excluding hydrogens is 240 g/mol. The molecule has 0 spiro atoms. The van der Waals surface area contributed by atoms with E-state index in [0.717, 1.165) is 12.4 Å². The van der Waals surface area contributed by atoms with Crippen molar-refractivity contribution < 1.29 is 4.74 Å². The maximum Gasteiger partial charge on any atom is 0.242 e. The molecule has 2 rings (SSSR count). The van der Waals surface area contributed by atoms with Gasteiger partial charge in [0.05, 0.1) is 6.10 Å². The number of anilines is 2. The second-order valence-corrected chi connectivity index (χ2v) is 5.47. The van der Waals surface area contributed by atoms with Gasteiger partial charge in [-0.2, -0.15) is 4.98 Å². The van der Waals surface area contributed by atoms with Crippen molar-refractivity contribution in [2.24, 2.45) is 0 Å². The summed E-state index contributed by atoms with van der Waals surface area (Å²) in [5.41, 5.74) is 6.74. The van der Waals surface area contributed by atoms with Crippen LogP contribution in [0.15, 0.2) is 6.33 Å². The van der Waals surface area contributed by atoms with Crippen LogP contribution in [0.2, 0.25) is 0 Å². The summed E-state index contributed by atoms with van der Waals surface area (Å²) >= 11 is 0. The number of hydrogen-bond donors (Lipinski definition) is 1. The van der Waals surface area contributed by atoms with Gasteiger partial charge in [0.2, 0.25) is 5.88 Å². The van der Waals surface area contributed by atoms with E-state index in [2.05, 4.69) is 21.8 Å². The molecule has 106 valence electrons. The minimum atomic E-state index is 0.0617. The minimum Gasteiger partial charge on any atom is -0.473 e. The van der Waals surface area contributed by atoms with Gasteiger partial charge in [0.15, 0.2) is 5.82 Å². The van der Waals surface area contributed by atoms with E-state index in [1.165, 1.54) is 25.7 Å². The molecule has 2 heterocycles. The van der Waals surface area contributed by atoms with Crippen LogP contribution in [0.4, 0.5) is 11.5 Å². The number of nitrogen functional groups attached to an aromatic ring is 1. The normalized spacial score (nSPS) is 20.4.